The van der Waals surface area contributed by atoms with E-state index < -0.39 is 70.1 Å². The summed E-state index contributed by atoms with van der Waals surface area (Å²) in [6.07, 6.45) is -15.5. The normalized spacial score (nSPS) is 14.4. The summed E-state index contributed by atoms with van der Waals surface area (Å²) in [5.41, 5.74) is -11.1. The Morgan fingerprint density at radius 1 is 0.464 bits per heavy atom. The Morgan fingerprint density at radius 2 is 0.750 bits per heavy atom. The van der Waals surface area contributed by atoms with Crippen LogP contribution in [-0.4, -0.2) is 30.0 Å². The van der Waals surface area contributed by atoms with Gasteiger partial charge in [0.1, 0.15) is 5.69 Å². The van der Waals surface area contributed by atoms with Crippen molar-refractivity contribution in [1.82, 2.24) is 0 Å². The van der Waals surface area contributed by atoms with E-state index in [4.69, 9.17) is 0 Å². The van der Waals surface area contributed by atoms with E-state index in [-0.39, 0.29) is 0 Å². The van der Waals surface area contributed by atoms with Crippen LogP contribution in [0.4, 0.5) is 75.9 Å². The van der Waals surface area contributed by atoms with Crippen LogP contribution in [0.15, 0.2) is 0 Å². The highest BCUT2D eigenvalue weighted by Gasteiger charge is 2.90. The highest BCUT2D eigenvalue weighted by atomic mass is 19.4. The predicted octanol–water partition coefficient (Wildman–Crippen LogP) is 5.86. The Hall–Kier alpha value is -2.10. The average molecular weight is 451 g/mol. The Bertz CT molecular complexity index is 716. The summed E-state index contributed by atoms with van der Waals surface area (Å²) in [5, 5.41) is -0.666. The molecule has 0 aliphatic rings. The van der Waals surface area contributed by atoms with Crippen LogP contribution in [0.2, 0.25) is 0 Å². The van der Waals surface area contributed by atoms with Crippen LogP contribution in [-0.2, 0) is 0 Å². The summed E-state index contributed by atoms with van der Waals surface area (Å²) in [4.78, 5) is 0. The molecular formula is C11HF16N. The molecule has 0 amide bonds. The van der Waals surface area contributed by atoms with Gasteiger partial charge in [-0.05, 0) is 0 Å². The van der Waals surface area contributed by atoms with Gasteiger partial charge >= 0.3 is 30.0 Å². The summed E-state index contributed by atoms with van der Waals surface area (Å²) >= 11 is 0. The molecule has 17 heteroatoms. The number of benzene rings is 1. The highest BCUT2D eigenvalue weighted by Crippen LogP contribution is 2.59. The van der Waals surface area contributed by atoms with Crippen LogP contribution in [0, 0.1) is 29.1 Å². The fourth-order valence-electron chi connectivity index (χ4n) is 1.68. The van der Waals surface area contributed by atoms with Gasteiger partial charge in [0.25, 0.3) is 0 Å². The molecule has 0 saturated heterocycles. The van der Waals surface area contributed by atoms with Gasteiger partial charge in [0.05, 0.1) is 0 Å². The first-order valence-corrected chi connectivity index (χ1v) is 6.02. The number of hydrogen-bond donors (Lipinski definition) is 1. The number of nitrogens with one attached hydrogen (secondary N) is 1. The minimum Gasteiger partial charge on any atom is -0.317 e. The van der Waals surface area contributed by atoms with Crippen molar-refractivity contribution in [3.05, 3.63) is 29.1 Å². The van der Waals surface area contributed by atoms with E-state index in [1.807, 2.05) is 0 Å². The topological polar surface area (TPSA) is 12.0 Å². The molecule has 0 fully saturated rings. The zero-order chi connectivity index (χ0) is 22.7. The first-order valence-electron chi connectivity index (χ1n) is 6.02. The Kier molecular flexibility index (Phi) is 5.53. The van der Waals surface area contributed by atoms with Crippen molar-refractivity contribution in [2.75, 3.05) is 5.32 Å². The summed E-state index contributed by atoms with van der Waals surface area (Å²) in [6.45, 7) is 0. The van der Waals surface area contributed by atoms with E-state index in [2.05, 4.69) is 0 Å². The Labute approximate surface area is 141 Å². The van der Waals surface area contributed by atoms with E-state index >= 15 is 0 Å². The standard InChI is InChI=1S/C11HF16N/c12-1-2(13)4(15)6(5(16)3(1)14)28-11(26,27)8(18,19)7(17,9(20,21)22)10(23,24)25/h28H. The van der Waals surface area contributed by atoms with Crippen molar-refractivity contribution in [3.8, 4) is 0 Å². The largest absolute Gasteiger partial charge is 0.438 e. The van der Waals surface area contributed by atoms with Gasteiger partial charge < -0.3 is 5.32 Å². The molecule has 0 atom stereocenters. The SMILES string of the molecule is Fc1c(F)c(F)c(NC(F)(F)C(F)(F)C(F)(C(F)(F)F)C(F)(F)F)c(F)c1F. The maximum absolute atomic E-state index is 13.4. The van der Waals surface area contributed by atoms with Gasteiger partial charge in [-0.25, -0.2) is 26.3 Å². The summed E-state index contributed by atoms with van der Waals surface area (Å²) in [7, 11) is 0. The molecular weight excluding hydrogens is 450 g/mol. The molecule has 0 aliphatic heterocycles. The van der Waals surface area contributed by atoms with Gasteiger partial charge in [0.2, 0.25) is 5.82 Å². The van der Waals surface area contributed by atoms with Gasteiger partial charge in [0.15, 0.2) is 23.3 Å². The lowest BCUT2D eigenvalue weighted by Crippen LogP contribution is -2.71. The van der Waals surface area contributed by atoms with Crippen molar-refractivity contribution >= 4 is 5.69 Å². The minimum absolute atomic E-state index is 0.666. The van der Waals surface area contributed by atoms with Crippen LogP contribution in [0.3, 0.4) is 0 Å². The Balaban J connectivity index is 3.68. The predicted molar refractivity (Wildman–Crippen MR) is 55.7 cm³/mol. The summed E-state index contributed by atoms with van der Waals surface area (Å²) in [5.74, 6) is -23.8. The fraction of sp³-hybridized carbons (Fsp3) is 0.455. The second-order valence-electron chi connectivity index (χ2n) is 4.87. The number of hydrogen-bond acceptors (Lipinski definition) is 1. The third-order valence-corrected chi connectivity index (χ3v) is 3.10. The fourth-order valence-corrected chi connectivity index (χ4v) is 1.68. The van der Waals surface area contributed by atoms with E-state index in [9.17, 15) is 70.2 Å². The first kappa shape index (κ1) is 23.9. The number of alkyl halides is 11. The van der Waals surface area contributed by atoms with Gasteiger partial charge in [-0.15, -0.1) is 0 Å². The number of rotatable bonds is 4. The molecule has 1 N–H and O–H groups in total. The zero-order valence-corrected chi connectivity index (χ0v) is 12.0. The molecule has 0 aromatic heterocycles. The monoisotopic (exact) mass is 451 g/mol. The first-order chi connectivity index (χ1) is 12.1. The molecule has 1 rings (SSSR count). The van der Waals surface area contributed by atoms with Gasteiger partial charge in [0, 0.05) is 0 Å². The van der Waals surface area contributed by atoms with Crippen LogP contribution in [0.25, 0.3) is 0 Å². The second kappa shape index (κ2) is 6.47. The van der Waals surface area contributed by atoms with Crippen molar-refractivity contribution in [2.24, 2.45) is 0 Å². The lowest BCUT2D eigenvalue weighted by molar-refractivity contribution is -0.423. The summed E-state index contributed by atoms with van der Waals surface area (Å²) < 4.78 is 205. The molecule has 1 nitrogen and oxygen atoms in total. The zero-order valence-electron chi connectivity index (χ0n) is 12.0. The average Bonchev–Trinajstić information content (AvgIpc) is 2.51. The van der Waals surface area contributed by atoms with E-state index in [0.29, 0.717) is 0 Å². The summed E-state index contributed by atoms with van der Waals surface area (Å²) in [6, 6.07) is -7.18. The van der Waals surface area contributed by atoms with E-state index in [1.165, 1.54) is 0 Å². The van der Waals surface area contributed by atoms with Gasteiger partial charge in [-0.1, -0.05) is 0 Å². The number of halogens is 16. The Morgan fingerprint density at radius 3 is 1.04 bits per heavy atom. The maximum Gasteiger partial charge on any atom is 0.438 e. The molecule has 0 heterocycles. The van der Waals surface area contributed by atoms with E-state index in [0.717, 1.165) is 0 Å². The van der Waals surface area contributed by atoms with Crippen molar-refractivity contribution in [3.63, 3.8) is 0 Å². The van der Waals surface area contributed by atoms with Crippen molar-refractivity contribution in [2.45, 2.75) is 30.0 Å². The molecule has 0 aliphatic carbocycles. The van der Waals surface area contributed by atoms with Crippen LogP contribution in [0.5, 0.6) is 0 Å². The van der Waals surface area contributed by atoms with Crippen LogP contribution < -0.4 is 5.32 Å². The molecule has 162 valence electrons. The molecule has 0 bridgehead atoms. The number of anilines is 1. The van der Waals surface area contributed by atoms with Crippen LogP contribution >= 0.6 is 0 Å². The smallest absolute Gasteiger partial charge is 0.317 e. The molecule has 0 spiro atoms. The lowest BCUT2D eigenvalue weighted by Gasteiger charge is -2.39. The quantitative estimate of drug-likeness (QED) is 0.262. The molecule has 28 heavy (non-hydrogen) atoms. The minimum atomic E-state index is -7.99. The third-order valence-electron chi connectivity index (χ3n) is 3.10. The molecule has 1 aromatic carbocycles. The molecule has 0 saturated carbocycles. The van der Waals surface area contributed by atoms with E-state index in [1.54, 1.807) is 0 Å². The maximum atomic E-state index is 13.4. The molecule has 0 radical (unpaired) electrons. The van der Waals surface area contributed by atoms with Gasteiger partial charge in [-0.3, -0.25) is 0 Å². The van der Waals surface area contributed by atoms with Gasteiger partial charge in [-0.2, -0.15) is 43.9 Å². The van der Waals surface area contributed by atoms with Crippen molar-refractivity contribution in [1.29, 1.82) is 0 Å². The molecule has 0 unspecified atom stereocenters. The van der Waals surface area contributed by atoms with Crippen molar-refractivity contribution < 1.29 is 70.2 Å². The molecule has 1 aromatic rings. The lowest BCUT2D eigenvalue weighted by atomic mass is 9.93. The highest BCUT2D eigenvalue weighted by molar-refractivity contribution is 5.49. The van der Waals surface area contributed by atoms with Crippen LogP contribution in [0.1, 0.15) is 0 Å². The third kappa shape index (κ3) is 3.17. The second-order valence-corrected chi connectivity index (χ2v) is 4.87.